The third-order valence-corrected chi connectivity index (χ3v) is 4.31. The van der Waals surface area contributed by atoms with Gasteiger partial charge in [-0.2, -0.15) is 0 Å². The lowest BCUT2D eigenvalue weighted by atomic mass is 10.00. The molecule has 1 fully saturated rings. The number of hydrogen-bond acceptors (Lipinski definition) is 4. The molecule has 1 aromatic rings. The molecule has 0 bridgehead atoms. The Labute approximate surface area is 135 Å². The monoisotopic (exact) mass is 320 g/mol. The van der Waals surface area contributed by atoms with Gasteiger partial charge in [0.2, 0.25) is 11.8 Å². The van der Waals surface area contributed by atoms with Crippen LogP contribution in [0.2, 0.25) is 0 Å². The molecule has 0 radical (unpaired) electrons. The van der Waals surface area contributed by atoms with Gasteiger partial charge in [0, 0.05) is 31.3 Å². The molecule has 2 rings (SSSR count). The maximum atomic E-state index is 12.6. The second-order valence-corrected chi connectivity index (χ2v) is 5.82. The number of likely N-dealkylation sites (N-methyl/N-ethyl adjacent to an activating group) is 1. The van der Waals surface area contributed by atoms with Gasteiger partial charge in [0.05, 0.1) is 6.42 Å². The van der Waals surface area contributed by atoms with Crippen molar-refractivity contribution in [2.75, 3.05) is 13.6 Å². The second-order valence-electron chi connectivity index (χ2n) is 5.82. The molecule has 0 spiro atoms. The Morgan fingerprint density at radius 1 is 1.39 bits per heavy atom. The number of hydrogen-bond donors (Lipinski definition) is 2. The SMILES string of the molecule is CCc1nc(C)c(CC(=O)N2CCCC[C@@H]2C(=O)NC)c(=O)[nH]1. The zero-order valence-electron chi connectivity index (χ0n) is 13.9. The third kappa shape index (κ3) is 3.78. The molecule has 0 aromatic carbocycles. The first-order valence-electron chi connectivity index (χ1n) is 8.07. The van der Waals surface area contributed by atoms with E-state index in [0.717, 1.165) is 12.8 Å². The van der Waals surface area contributed by atoms with Crippen LogP contribution in [0.4, 0.5) is 0 Å². The van der Waals surface area contributed by atoms with E-state index >= 15 is 0 Å². The van der Waals surface area contributed by atoms with Crippen LogP contribution in [0.25, 0.3) is 0 Å². The second kappa shape index (κ2) is 7.39. The van der Waals surface area contributed by atoms with E-state index in [4.69, 9.17) is 0 Å². The van der Waals surface area contributed by atoms with Crippen LogP contribution >= 0.6 is 0 Å². The molecule has 2 amide bonds. The summed E-state index contributed by atoms with van der Waals surface area (Å²) in [5.74, 6) is 0.269. The summed E-state index contributed by atoms with van der Waals surface area (Å²) in [6.07, 6.45) is 3.07. The number of nitrogens with zero attached hydrogens (tertiary/aromatic N) is 2. The predicted molar refractivity (Wildman–Crippen MR) is 86.1 cm³/mol. The standard InChI is InChI=1S/C16H24N4O3/c1-4-13-18-10(2)11(15(22)19-13)9-14(21)20-8-6-5-7-12(20)16(23)17-3/h12H,4-9H2,1-3H3,(H,17,23)(H,18,19,22)/t12-/m1/s1. The van der Waals surface area contributed by atoms with Crippen LogP contribution in [-0.4, -0.2) is 46.3 Å². The molecule has 2 N–H and O–H groups in total. The highest BCUT2D eigenvalue weighted by atomic mass is 16.2. The Balaban J connectivity index is 2.21. The van der Waals surface area contributed by atoms with Crippen molar-refractivity contribution in [3.05, 3.63) is 27.4 Å². The van der Waals surface area contributed by atoms with Gasteiger partial charge in [-0.05, 0) is 26.2 Å². The molecule has 1 atom stereocenters. The first-order chi connectivity index (χ1) is 11.0. The Bertz CT molecular complexity index is 653. The molecule has 0 unspecified atom stereocenters. The largest absolute Gasteiger partial charge is 0.357 e. The fourth-order valence-electron chi connectivity index (χ4n) is 2.97. The molecule has 126 valence electrons. The number of carbonyl (C=O) groups excluding carboxylic acids is 2. The average Bonchev–Trinajstić information content (AvgIpc) is 2.56. The van der Waals surface area contributed by atoms with Gasteiger partial charge in [-0.1, -0.05) is 6.92 Å². The number of aryl methyl sites for hydroxylation is 2. The summed E-state index contributed by atoms with van der Waals surface area (Å²) in [5.41, 5.74) is 0.692. The number of rotatable bonds is 4. The minimum absolute atomic E-state index is 0.0222. The summed E-state index contributed by atoms with van der Waals surface area (Å²) in [4.78, 5) is 45.4. The van der Waals surface area contributed by atoms with Gasteiger partial charge in [-0.3, -0.25) is 14.4 Å². The van der Waals surface area contributed by atoms with Crippen LogP contribution in [0.1, 0.15) is 43.3 Å². The highest BCUT2D eigenvalue weighted by molar-refractivity contribution is 5.88. The minimum atomic E-state index is -0.441. The van der Waals surface area contributed by atoms with Crippen molar-refractivity contribution < 1.29 is 9.59 Å². The maximum Gasteiger partial charge on any atom is 0.254 e. The van der Waals surface area contributed by atoms with Crippen LogP contribution in [0.15, 0.2) is 4.79 Å². The van der Waals surface area contributed by atoms with Crippen molar-refractivity contribution in [2.45, 2.75) is 52.0 Å². The maximum absolute atomic E-state index is 12.6. The summed E-state index contributed by atoms with van der Waals surface area (Å²) in [5, 5.41) is 2.61. The van der Waals surface area contributed by atoms with Crippen LogP contribution in [0.3, 0.4) is 0 Å². The lowest BCUT2D eigenvalue weighted by molar-refractivity contribution is -0.141. The van der Waals surface area contributed by atoms with E-state index in [1.54, 1.807) is 18.9 Å². The third-order valence-electron chi connectivity index (χ3n) is 4.31. The van der Waals surface area contributed by atoms with Crippen molar-refractivity contribution >= 4 is 11.8 Å². The lowest BCUT2D eigenvalue weighted by Crippen LogP contribution is -2.52. The van der Waals surface area contributed by atoms with E-state index < -0.39 is 6.04 Å². The van der Waals surface area contributed by atoms with E-state index in [-0.39, 0.29) is 23.8 Å². The number of piperidine rings is 1. The van der Waals surface area contributed by atoms with E-state index in [0.29, 0.717) is 36.5 Å². The average molecular weight is 320 g/mol. The van der Waals surface area contributed by atoms with Gasteiger partial charge < -0.3 is 15.2 Å². The summed E-state index contributed by atoms with van der Waals surface area (Å²) < 4.78 is 0. The molecule has 7 nitrogen and oxygen atoms in total. The zero-order valence-corrected chi connectivity index (χ0v) is 13.9. The highest BCUT2D eigenvalue weighted by Crippen LogP contribution is 2.18. The summed E-state index contributed by atoms with van der Waals surface area (Å²) >= 11 is 0. The van der Waals surface area contributed by atoms with E-state index in [2.05, 4.69) is 15.3 Å². The Morgan fingerprint density at radius 3 is 2.74 bits per heavy atom. The molecular formula is C16H24N4O3. The molecule has 1 saturated heterocycles. The van der Waals surface area contributed by atoms with Crippen LogP contribution < -0.4 is 10.9 Å². The van der Waals surface area contributed by atoms with Gasteiger partial charge in [0.25, 0.3) is 5.56 Å². The predicted octanol–water partition coefficient (Wildman–Crippen LogP) is 0.310. The van der Waals surface area contributed by atoms with E-state index in [1.165, 1.54) is 0 Å². The number of nitrogens with one attached hydrogen (secondary N) is 2. The minimum Gasteiger partial charge on any atom is -0.357 e. The van der Waals surface area contributed by atoms with Gasteiger partial charge >= 0.3 is 0 Å². The molecule has 1 aliphatic heterocycles. The van der Waals surface area contributed by atoms with Gasteiger partial charge in [0.1, 0.15) is 11.9 Å². The molecule has 0 saturated carbocycles. The Hall–Kier alpha value is -2.18. The van der Waals surface area contributed by atoms with Crippen molar-refractivity contribution in [1.82, 2.24) is 20.2 Å². The van der Waals surface area contributed by atoms with E-state index in [1.807, 2.05) is 6.92 Å². The number of aromatic amines is 1. The van der Waals surface area contributed by atoms with Gasteiger partial charge in [-0.25, -0.2) is 4.98 Å². The molecule has 1 aliphatic rings. The van der Waals surface area contributed by atoms with Crippen molar-refractivity contribution in [3.63, 3.8) is 0 Å². The first kappa shape index (κ1) is 17.2. The first-order valence-corrected chi connectivity index (χ1v) is 8.07. The summed E-state index contributed by atoms with van der Waals surface area (Å²) in [7, 11) is 1.57. The summed E-state index contributed by atoms with van der Waals surface area (Å²) in [6, 6.07) is -0.441. The highest BCUT2D eigenvalue weighted by Gasteiger charge is 2.31. The molecule has 7 heteroatoms. The van der Waals surface area contributed by atoms with Crippen LogP contribution in [0.5, 0.6) is 0 Å². The van der Waals surface area contributed by atoms with Crippen molar-refractivity contribution in [3.8, 4) is 0 Å². The fraction of sp³-hybridized carbons (Fsp3) is 0.625. The smallest absolute Gasteiger partial charge is 0.254 e. The molecule has 23 heavy (non-hydrogen) atoms. The van der Waals surface area contributed by atoms with Crippen molar-refractivity contribution in [2.24, 2.45) is 0 Å². The molecule has 0 aliphatic carbocycles. The van der Waals surface area contributed by atoms with E-state index in [9.17, 15) is 14.4 Å². The number of likely N-dealkylation sites (tertiary alicyclic amines) is 1. The topological polar surface area (TPSA) is 95.2 Å². The lowest BCUT2D eigenvalue weighted by Gasteiger charge is -2.34. The number of carbonyl (C=O) groups is 2. The summed E-state index contributed by atoms with van der Waals surface area (Å²) in [6.45, 7) is 4.20. The number of H-pyrrole nitrogens is 1. The normalized spacial score (nSPS) is 17.9. The van der Waals surface area contributed by atoms with Crippen LogP contribution in [0, 0.1) is 6.92 Å². The van der Waals surface area contributed by atoms with Gasteiger partial charge in [-0.15, -0.1) is 0 Å². The number of amides is 2. The van der Waals surface area contributed by atoms with Crippen molar-refractivity contribution in [1.29, 1.82) is 0 Å². The quantitative estimate of drug-likeness (QED) is 0.835. The Kier molecular flexibility index (Phi) is 5.52. The molecule has 1 aromatic heterocycles. The van der Waals surface area contributed by atoms with Gasteiger partial charge in [0.15, 0.2) is 0 Å². The fourth-order valence-corrected chi connectivity index (χ4v) is 2.97. The number of aromatic nitrogens is 2. The molecule has 2 heterocycles. The Morgan fingerprint density at radius 2 is 2.13 bits per heavy atom. The zero-order chi connectivity index (χ0) is 17.0. The molecular weight excluding hydrogens is 296 g/mol. The van der Waals surface area contributed by atoms with Crippen LogP contribution in [-0.2, 0) is 22.4 Å².